The second-order valence-corrected chi connectivity index (χ2v) is 6.16. The highest BCUT2D eigenvalue weighted by atomic mass is 79.9. The van der Waals surface area contributed by atoms with Crippen molar-refractivity contribution in [2.24, 2.45) is 7.05 Å². The smallest absolute Gasteiger partial charge is 0.174 e. The fraction of sp³-hybridized carbons (Fsp3) is 0.286. The SMILES string of the molecule is Cc1cc(C(=O)CSc2ncccc2Br)c(C)n1C. The third kappa shape index (κ3) is 3.09. The van der Waals surface area contributed by atoms with Crippen LogP contribution in [0, 0.1) is 13.8 Å². The van der Waals surface area contributed by atoms with Gasteiger partial charge in [0.1, 0.15) is 5.03 Å². The Bertz CT molecular complexity index is 622. The third-order valence-corrected chi connectivity index (χ3v) is 5.05. The molecule has 0 aliphatic carbocycles. The first-order valence-corrected chi connectivity index (χ1v) is 7.68. The Hall–Kier alpha value is -1.07. The number of carbonyl (C=O) groups excluding carboxylic acids is 1. The summed E-state index contributed by atoms with van der Waals surface area (Å²) in [5.74, 6) is 0.545. The fourth-order valence-electron chi connectivity index (χ4n) is 1.83. The molecule has 0 atom stereocenters. The van der Waals surface area contributed by atoms with Crippen molar-refractivity contribution in [1.82, 2.24) is 9.55 Å². The van der Waals surface area contributed by atoms with Crippen LogP contribution in [0.1, 0.15) is 21.7 Å². The van der Waals surface area contributed by atoms with Crippen molar-refractivity contribution in [2.45, 2.75) is 18.9 Å². The monoisotopic (exact) mass is 338 g/mol. The van der Waals surface area contributed by atoms with Crippen molar-refractivity contribution in [3.63, 3.8) is 0 Å². The molecule has 5 heteroatoms. The highest BCUT2D eigenvalue weighted by Crippen LogP contribution is 2.26. The summed E-state index contributed by atoms with van der Waals surface area (Å²) in [7, 11) is 1.98. The summed E-state index contributed by atoms with van der Waals surface area (Å²) in [6.07, 6.45) is 1.73. The Morgan fingerprint density at radius 2 is 2.21 bits per heavy atom. The molecule has 0 aromatic carbocycles. The number of aryl methyl sites for hydroxylation is 1. The van der Waals surface area contributed by atoms with Gasteiger partial charge < -0.3 is 4.57 Å². The second kappa shape index (κ2) is 5.92. The molecule has 0 saturated heterocycles. The first-order valence-electron chi connectivity index (χ1n) is 5.90. The lowest BCUT2D eigenvalue weighted by Gasteiger charge is -2.03. The minimum absolute atomic E-state index is 0.142. The average molecular weight is 339 g/mol. The minimum Gasteiger partial charge on any atom is -0.351 e. The van der Waals surface area contributed by atoms with Crippen LogP contribution in [0.15, 0.2) is 33.9 Å². The van der Waals surface area contributed by atoms with Gasteiger partial charge in [0.05, 0.1) is 5.75 Å². The molecule has 19 heavy (non-hydrogen) atoms. The normalized spacial score (nSPS) is 10.7. The van der Waals surface area contributed by atoms with Crippen LogP contribution in [-0.4, -0.2) is 21.1 Å². The first-order chi connectivity index (χ1) is 9.00. The van der Waals surface area contributed by atoms with Crippen LogP contribution in [-0.2, 0) is 7.05 Å². The summed E-state index contributed by atoms with van der Waals surface area (Å²) in [5.41, 5.74) is 2.92. The van der Waals surface area contributed by atoms with Crippen LogP contribution < -0.4 is 0 Å². The molecule has 0 unspecified atom stereocenters. The summed E-state index contributed by atoms with van der Waals surface area (Å²) < 4.78 is 2.96. The summed E-state index contributed by atoms with van der Waals surface area (Å²) >= 11 is 4.89. The lowest BCUT2D eigenvalue weighted by Crippen LogP contribution is -2.04. The van der Waals surface area contributed by atoms with E-state index in [0.29, 0.717) is 5.75 Å². The van der Waals surface area contributed by atoms with Gasteiger partial charge in [0.2, 0.25) is 0 Å². The molecule has 0 aliphatic heterocycles. The minimum atomic E-state index is 0.142. The van der Waals surface area contributed by atoms with E-state index in [-0.39, 0.29) is 5.78 Å². The number of ketones is 1. The molecular weight excluding hydrogens is 324 g/mol. The third-order valence-electron chi connectivity index (χ3n) is 3.14. The van der Waals surface area contributed by atoms with Gasteiger partial charge in [0.15, 0.2) is 5.78 Å². The van der Waals surface area contributed by atoms with Gasteiger partial charge in [-0.05, 0) is 48.0 Å². The zero-order valence-electron chi connectivity index (χ0n) is 11.1. The maximum absolute atomic E-state index is 12.2. The standard InChI is InChI=1S/C14H15BrN2OS/c1-9-7-11(10(2)17(9)3)13(18)8-19-14-12(15)5-4-6-16-14/h4-7H,8H2,1-3H3. The summed E-state index contributed by atoms with van der Waals surface area (Å²) in [5, 5.41) is 0.848. The highest BCUT2D eigenvalue weighted by Gasteiger charge is 2.15. The largest absolute Gasteiger partial charge is 0.351 e. The molecule has 0 N–H and O–H groups in total. The fourth-order valence-corrected chi connectivity index (χ4v) is 3.19. The molecule has 0 radical (unpaired) electrons. The van der Waals surface area contributed by atoms with E-state index in [4.69, 9.17) is 0 Å². The van der Waals surface area contributed by atoms with E-state index in [9.17, 15) is 4.79 Å². The molecule has 2 aromatic heterocycles. The maximum atomic E-state index is 12.2. The zero-order valence-corrected chi connectivity index (χ0v) is 13.5. The molecule has 0 bridgehead atoms. The van der Waals surface area contributed by atoms with Crippen molar-refractivity contribution < 1.29 is 4.79 Å². The van der Waals surface area contributed by atoms with Gasteiger partial charge in [0, 0.05) is 34.7 Å². The Balaban J connectivity index is 2.10. The molecule has 0 saturated carbocycles. The summed E-state index contributed by atoms with van der Waals surface area (Å²) in [4.78, 5) is 16.5. The van der Waals surface area contributed by atoms with Crippen molar-refractivity contribution in [1.29, 1.82) is 0 Å². The van der Waals surface area contributed by atoms with E-state index in [1.54, 1.807) is 6.20 Å². The van der Waals surface area contributed by atoms with E-state index in [2.05, 4.69) is 20.9 Å². The summed E-state index contributed by atoms with van der Waals surface area (Å²) in [6.45, 7) is 3.98. The van der Waals surface area contributed by atoms with Crippen LogP contribution in [0.25, 0.3) is 0 Å². The van der Waals surface area contributed by atoms with Crippen LogP contribution in [0.2, 0.25) is 0 Å². The Kier molecular flexibility index (Phi) is 4.47. The number of aromatic nitrogens is 2. The average Bonchev–Trinajstić information content (AvgIpc) is 2.65. The zero-order chi connectivity index (χ0) is 14.0. The van der Waals surface area contributed by atoms with Gasteiger partial charge in [0.25, 0.3) is 0 Å². The molecule has 2 aromatic rings. The molecular formula is C14H15BrN2OS. The van der Waals surface area contributed by atoms with E-state index < -0.39 is 0 Å². The van der Waals surface area contributed by atoms with Gasteiger partial charge in [-0.2, -0.15) is 0 Å². The molecule has 0 aliphatic rings. The summed E-state index contributed by atoms with van der Waals surface area (Å²) in [6, 6.07) is 5.74. The van der Waals surface area contributed by atoms with Gasteiger partial charge >= 0.3 is 0 Å². The van der Waals surface area contributed by atoms with Crippen LogP contribution in [0.3, 0.4) is 0 Å². The molecule has 3 nitrogen and oxygen atoms in total. The van der Waals surface area contributed by atoms with Crippen molar-refractivity contribution >= 4 is 33.5 Å². The van der Waals surface area contributed by atoms with E-state index in [1.165, 1.54) is 11.8 Å². The van der Waals surface area contributed by atoms with Crippen molar-refractivity contribution in [2.75, 3.05) is 5.75 Å². The number of halogens is 1. The molecule has 2 rings (SSSR count). The highest BCUT2D eigenvalue weighted by molar-refractivity contribution is 9.10. The van der Waals surface area contributed by atoms with Crippen LogP contribution in [0.5, 0.6) is 0 Å². The Morgan fingerprint density at radius 3 is 2.79 bits per heavy atom. The Morgan fingerprint density at radius 1 is 1.47 bits per heavy atom. The number of rotatable bonds is 4. The predicted octanol–water partition coefficient (Wildman–Crippen LogP) is 3.77. The maximum Gasteiger partial charge on any atom is 0.174 e. The predicted molar refractivity (Wildman–Crippen MR) is 81.9 cm³/mol. The van der Waals surface area contributed by atoms with Gasteiger partial charge in [-0.1, -0.05) is 11.8 Å². The van der Waals surface area contributed by atoms with Gasteiger partial charge in [-0.25, -0.2) is 4.98 Å². The number of thioether (sulfide) groups is 1. The number of nitrogens with zero attached hydrogens (tertiary/aromatic N) is 2. The number of hydrogen-bond acceptors (Lipinski definition) is 3. The van der Waals surface area contributed by atoms with Crippen molar-refractivity contribution in [3.8, 4) is 0 Å². The lowest BCUT2D eigenvalue weighted by atomic mass is 10.2. The van der Waals surface area contributed by atoms with E-state index in [0.717, 1.165) is 26.4 Å². The topological polar surface area (TPSA) is 34.9 Å². The van der Waals surface area contributed by atoms with E-state index >= 15 is 0 Å². The lowest BCUT2D eigenvalue weighted by molar-refractivity contribution is 0.102. The molecule has 100 valence electrons. The van der Waals surface area contributed by atoms with Gasteiger partial charge in [-0.15, -0.1) is 0 Å². The molecule has 0 fully saturated rings. The number of hydrogen-bond donors (Lipinski definition) is 0. The van der Waals surface area contributed by atoms with Crippen LogP contribution >= 0.6 is 27.7 Å². The quantitative estimate of drug-likeness (QED) is 0.628. The number of carbonyl (C=O) groups is 1. The molecule has 0 spiro atoms. The molecule has 2 heterocycles. The van der Waals surface area contributed by atoms with Gasteiger partial charge in [-0.3, -0.25) is 4.79 Å². The Labute approximate surface area is 125 Å². The number of pyridine rings is 1. The first kappa shape index (κ1) is 14.3. The van der Waals surface area contributed by atoms with E-state index in [1.807, 2.05) is 43.7 Å². The number of Topliss-reactive ketones (excluding diaryl/α,β-unsaturated/α-hetero) is 1. The molecule has 0 amide bonds. The van der Waals surface area contributed by atoms with Crippen molar-refractivity contribution in [3.05, 3.63) is 45.8 Å². The second-order valence-electron chi connectivity index (χ2n) is 4.35. The van der Waals surface area contributed by atoms with Crippen LogP contribution in [0.4, 0.5) is 0 Å².